The molecule has 0 spiro atoms. The molecule has 0 aromatic heterocycles. The molecule has 2 heteroatoms. The van der Waals surface area contributed by atoms with Gasteiger partial charge in [-0.3, -0.25) is 0 Å². The third kappa shape index (κ3) is 3.35. The average molecular weight is 201 g/mol. The number of alkyl halides is 1. The largest absolute Gasteiger partial charge is 0.207 e. The summed E-state index contributed by atoms with van der Waals surface area (Å²) in [6.07, 6.45) is 1.75. The van der Waals surface area contributed by atoms with Crippen LogP contribution in [0.25, 0.3) is 0 Å². The van der Waals surface area contributed by atoms with E-state index in [2.05, 4.69) is 0 Å². The molecule has 1 unspecified atom stereocenters. The van der Waals surface area contributed by atoms with Crippen LogP contribution >= 0.6 is 11.6 Å². The van der Waals surface area contributed by atoms with Crippen molar-refractivity contribution < 1.29 is 4.39 Å². The molecule has 0 nitrogen and oxygen atoms in total. The molecule has 0 saturated heterocycles. The predicted molar refractivity (Wildman–Crippen MR) is 54.8 cm³/mol. The molecule has 0 aliphatic rings. The van der Waals surface area contributed by atoms with E-state index in [0.717, 1.165) is 24.0 Å². The summed E-state index contributed by atoms with van der Waals surface area (Å²) in [5.41, 5.74) is 2.20. The summed E-state index contributed by atoms with van der Waals surface area (Å²) in [5.74, 6) is -0.164. The molecule has 0 fully saturated rings. The van der Waals surface area contributed by atoms with Crippen molar-refractivity contribution in [1.82, 2.24) is 0 Å². The highest BCUT2D eigenvalue weighted by molar-refractivity contribution is 6.20. The summed E-state index contributed by atoms with van der Waals surface area (Å²) in [7, 11) is 0. The van der Waals surface area contributed by atoms with Gasteiger partial charge in [0.15, 0.2) is 0 Å². The standard InChI is InChI=1S/C11H14ClF/c1-8-3-6-11(13)7-10(8)5-4-9(2)12/h3,6-7,9H,4-5H2,1-2H3. The first kappa shape index (κ1) is 10.5. The van der Waals surface area contributed by atoms with Crippen molar-refractivity contribution in [3.8, 4) is 0 Å². The molecule has 1 aromatic rings. The monoisotopic (exact) mass is 200 g/mol. The zero-order chi connectivity index (χ0) is 9.84. The number of rotatable bonds is 3. The van der Waals surface area contributed by atoms with Crippen molar-refractivity contribution in [2.45, 2.75) is 32.1 Å². The maximum atomic E-state index is 12.8. The molecule has 0 amide bonds. The van der Waals surface area contributed by atoms with Gasteiger partial charge in [0.2, 0.25) is 0 Å². The van der Waals surface area contributed by atoms with E-state index in [1.165, 1.54) is 6.07 Å². The summed E-state index contributed by atoms with van der Waals surface area (Å²) in [4.78, 5) is 0. The molecule has 0 aliphatic carbocycles. The Bertz CT molecular complexity index is 281. The molecule has 0 radical (unpaired) electrons. The summed E-state index contributed by atoms with van der Waals surface area (Å²) < 4.78 is 12.8. The Morgan fingerprint density at radius 2 is 2.15 bits per heavy atom. The Balaban J connectivity index is 2.70. The van der Waals surface area contributed by atoms with E-state index >= 15 is 0 Å². The van der Waals surface area contributed by atoms with Crippen LogP contribution in [-0.4, -0.2) is 5.38 Å². The van der Waals surface area contributed by atoms with Crippen molar-refractivity contribution in [2.75, 3.05) is 0 Å². The van der Waals surface area contributed by atoms with Crippen LogP contribution in [-0.2, 0) is 6.42 Å². The molecule has 72 valence electrons. The molecular formula is C11H14ClF. The van der Waals surface area contributed by atoms with Crippen LogP contribution in [0.15, 0.2) is 18.2 Å². The molecule has 0 aliphatic heterocycles. The maximum Gasteiger partial charge on any atom is 0.123 e. The second-order valence-corrected chi connectivity index (χ2v) is 4.14. The molecule has 1 rings (SSSR count). The summed E-state index contributed by atoms with van der Waals surface area (Å²) in [5, 5.41) is 0.155. The lowest BCUT2D eigenvalue weighted by Gasteiger charge is -2.06. The van der Waals surface area contributed by atoms with Gasteiger partial charge in [0.1, 0.15) is 5.82 Å². The molecule has 13 heavy (non-hydrogen) atoms. The van der Waals surface area contributed by atoms with Crippen LogP contribution < -0.4 is 0 Å². The highest BCUT2D eigenvalue weighted by atomic mass is 35.5. The minimum absolute atomic E-state index is 0.155. The van der Waals surface area contributed by atoms with Crippen molar-refractivity contribution in [2.24, 2.45) is 0 Å². The first-order valence-electron chi connectivity index (χ1n) is 4.48. The first-order valence-corrected chi connectivity index (χ1v) is 4.92. The van der Waals surface area contributed by atoms with Crippen LogP contribution in [0, 0.1) is 12.7 Å². The van der Waals surface area contributed by atoms with Crippen molar-refractivity contribution in [3.63, 3.8) is 0 Å². The molecule has 0 N–H and O–H groups in total. The van der Waals surface area contributed by atoms with Crippen LogP contribution in [0.1, 0.15) is 24.5 Å². The Morgan fingerprint density at radius 3 is 2.77 bits per heavy atom. The Labute approximate surface area is 83.7 Å². The van der Waals surface area contributed by atoms with Gasteiger partial charge in [-0.05, 0) is 49.9 Å². The predicted octanol–water partition coefficient (Wildman–Crippen LogP) is 3.69. The van der Waals surface area contributed by atoms with Gasteiger partial charge in [0, 0.05) is 5.38 Å². The van der Waals surface area contributed by atoms with Crippen molar-refractivity contribution >= 4 is 11.6 Å². The number of benzene rings is 1. The van der Waals surface area contributed by atoms with Gasteiger partial charge in [-0.2, -0.15) is 0 Å². The molecular weight excluding hydrogens is 187 g/mol. The minimum atomic E-state index is -0.164. The Hall–Kier alpha value is -0.560. The summed E-state index contributed by atoms with van der Waals surface area (Å²) in [6.45, 7) is 3.95. The normalized spacial score (nSPS) is 12.9. The van der Waals surface area contributed by atoms with Crippen molar-refractivity contribution in [3.05, 3.63) is 35.1 Å². The molecule has 0 heterocycles. The molecule has 0 bridgehead atoms. The van der Waals surface area contributed by atoms with E-state index in [1.54, 1.807) is 6.07 Å². The van der Waals surface area contributed by atoms with E-state index in [0.29, 0.717) is 0 Å². The number of aryl methyl sites for hydroxylation is 2. The molecule has 0 saturated carbocycles. The minimum Gasteiger partial charge on any atom is -0.207 e. The fourth-order valence-corrected chi connectivity index (χ4v) is 1.37. The van der Waals surface area contributed by atoms with Crippen LogP contribution in [0.3, 0.4) is 0 Å². The highest BCUT2D eigenvalue weighted by Gasteiger charge is 2.02. The summed E-state index contributed by atoms with van der Waals surface area (Å²) in [6, 6.07) is 4.89. The fraction of sp³-hybridized carbons (Fsp3) is 0.455. The van der Waals surface area contributed by atoms with Crippen LogP contribution in [0.2, 0.25) is 0 Å². The lowest BCUT2D eigenvalue weighted by molar-refractivity contribution is 0.623. The summed E-state index contributed by atoms with van der Waals surface area (Å²) >= 11 is 5.83. The van der Waals surface area contributed by atoms with Crippen LogP contribution in [0.5, 0.6) is 0 Å². The lowest BCUT2D eigenvalue weighted by Crippen LogP contribution is -1.97. The van der Waals surface area contributed by atoms with Gasteiger partial charge < -0.3 is 0 Å². The van der Waals surface area contributed by atoms with E-state index in [-0.39, 0.29) is 11.2 Å². The van der Waals surface area contributed by atoms with Gasteiger partial charge in [-0.1, -0.05) is 6.07 Å². The SMILES string of the molecule is Cc1ccc(F)cc1CCC(C)Cl. The van der Waals surface area contributed by atoms with Gasteiger partial charge in [0.25, 0.3) is 0 Å². The lowest BCUT2D eigenvalue weighted by atomic mass is 10.0. The van der Waals surface area contributed by atoms with E-state index < -0.39 is 0 Å². The first-order chi connectivity index (χ1) is 6.09. The number of hydrogen-bond donors (Lipinski definition) is 0. The van der Waals surface area contributed by atoms with Crippen molar-refractivity contribution in [1.29, 1.82) is 0 Å². The van der Waals surface area contributed by atoms with Gasteiger partial charge in [0.05, 0.1) is 0 Å². The zero-order valence-corrected chi connectivity index (χ0v) is 8.74. The second-order valence-electron chi connectivity index (χ2n) is 3.39. The smallest absolute Gasteiger partial charge is 0.123 e. The maximum absolute atomic E-state index is 12.8. The third-order valence-electron chi connectivity index (χ3n) is 2.12. The van der Waals surface area contributed by atoms with E-state index in [1.807, 2.05) is 19.9 Å². The highest BCUT2D eigenvalue weighted by Crippen LogP contribution is 2.14. The number of halogens is 2. The Kier molecular flexibility index (Phi) is 3.73. The topological polar surface area (TPSA) is 0 Å². The fourth-order valence-electron chi connectivity index (χ4n) is 1.26. The van der Waals surface area contributed by atoms with Crippen LogP contribution in [0.4, 0.5) is 4.39 Å². The third-order valence-corrected chi connectivity index (χ3v) is 2.34. The van der Waals surface area contributed by atoms with Gasteiger partial charge in [-0.25, -0.2) is 4.39 Å². The van der Waals surface area contributed by atoms with E-state index in [4.69, 9.17) is 11.6 Å². The molecule has 1 aromatic carbocycles. The second kappa shape index (κ2) is 4.61. The number of hydrogen-bond acceptors (Lipinski definition) is 0. The quantitative estimate of drug-likeness (QED) is 0.653. The average Bonchev–Trinajstić information content (AvgIpc) is 2.06. The molecule has 1 atom stereocenters. The zero-order valence-electron chi connectivity index (χ0n) is 7.98. The Morgan fingerprint density at radius 1 is 1.46 bits per heavy atom. The van der Waals surface area contributed by atoms with Gasteiger partial charge in [-0.15, -0.1) is 11.6 Å². The van der Waals surface area contributed by atoms with E-state index in [9.17, 15) is 4.39 Å². The van der Waals surface area contributed by atoms with Gasteiger partial charge >= 0.3 is 0 Å².